The number of hydrogen-bond acceptors (Lipinski definition) is 3. The lowest BCUT2D eigenvalue weighted by molar-refractivity contribution is -0.147. The average molecular weight is 242 g/mol. The number of esters is 1. The Hall–Kier alpha value is -1.22. The van der Waals surface area contributed by atoms with Crippen LogP contribution in [-0.2, 0) is 9.53 Å². The van der Waals surface area contributed by atoms with E-state index < -0.39 is 5.54 Å². The number of ether oxygens (including phenoxy) is 1. The second-order valence-electron chi connectivity index (χ2n) is 3.98. The summed E-state index contributed by atoms with van der Waals surface area (Å²) in [6, 6.07) is 7.18. The Bertz CT molecular complexity index is 360. The van der Waals surface area contributed by atoms with Crippen LogP contribution in [0, 0.1) is 0 Å². The normalized spacial score (nSPS) is 11.0. The van der Waals surface area contributed by atoms with Gasteiger partial charge in [0.1, 0.15) is 5.54 Å². The number of hydrogen-bond donors (Lipinski definition) is 1. The smallest absolute Gasteiger partial charge is 0.331 e. The topological polar surface area (TPSA) is 38.3 Å². The Kier molecular flexibility index (Phi) is 4.19. The molecular weight excluding hydrogens is 226 g/mol. The highest BCUT2D eigenvalue weighted by Crippen LogP contribution is 2.18. The molecule has 0 aliphatic heterocycles. The van der Waals surface area contributed by atoms with Crippen LogP contribution in [0.3, 0.4) is 0 Å². The molecule has 0 aromatic heterocycles. The molecule has 0 heterocycles. The lowest BCUT2D eigenvalue weighted by Crippen LogP contribution is -2.41. The van der Waals surface area contributed by atoms with Crippen LogP contribution < -0.4 is 5.32 Å². The van der Waals surface area contributed by atoms with Crippen LogP contribution in [0.15, 0.2) is 24.3 Å². The number of carbonyl (C=O) groups excluding carboxylic acids is 1. The van der Waals surface area contributed by atoms with Crippen molar-refractivity contribution < 1.29 is 9.53 Å². The number of anilines is 1. The van der Waals surface area contributed by atoms with Gasteiger partial charge in [0.2, 0.25) is 0 Å². The van der Waals surface area contributed by atoms with Crippen molar-refractivity contribution in [1.82, 2.24) is 0 Å². The largest absolute Gasteiger partial charge is 0.464 e. The summed E-state index contributed by atoms with van der Waals surface area (Å²) in [6.45, 7) is 5.72. The van der Waals surface area contributed by atoms with E-state index in [9.17, 15) is 4.79 Å². The van der Waals surface area contributed by atoms with Crippen molar-refractivity contribution in [2.24, 2.45) is 0 Å². The van der Waals surface area contributed by atoms with Gasteiger partial charge >= 0.3 is 5.97 Å². The summed E-state index contributed by atoms with van der Waals surface area (Å²) in [7, 11) is 0. The third-order valence-corrected chi connectivity index (χ3v) is 2.34. The van der Waals surface area contributed by atoms with Crippen molar-refractivity contribution in [2.75, 3.05) is 11.9 Å². The SMILES string of the molecule is CCOC(=O)C(C)(C)Nc1ccc(Cl)cc1. The summed E-state index contributed by atoms with van der Waals surface area (Å²) in [5, 5.41) is 3.76. The van der Waals surface area contributed by atoms with Crippen LogP contribution >= 0.6 is 11.6 Å². The molecule has 1 aromatic rings. The van der Waals surface area contributed by atoms with Gasteiger partial charge in [-0.3, -0.25) is 0 Å². The molecule has 1 rings (SSSR count). The Morgan fingerprint density at radius 2 is 1.94 bits per heavy atom. The minimum atomic E-state index is -0.746. The van der Waals surface area contributed by atoms with E-state index >= 15 is 0 Å². The summed E-state index contributed by atoms with van der Waals surface area (Å²) in [4.78, 5) is 11.6. The first-order valence-corrected chi connectivity index (χ1v) is 5.54. The standard InChI is InChI=1S/C12H16ClNO2/c1-4-16-11(15)12(2,3)14-10-7-5-9(13)6-8-10/h5-8,14H,4H2,1-3H3. The molecule has 88 valence electrons. The molecule has 0 unspecified atom stereocenters. The molecule has 0 radical (unpaired) electrons. The van der Waals surface area contributed by atoms with Crippen molar-refractivity contribution in [2.45, 2.75) is 26.3 Å². The molecule has 0 aliphatic carbocycles. The van der Waals surface area contributed by atoms with Gasteiger partial charge < -0.3 is 10.1 Å². The second kappa shape index (κ2) is 5.21. The van der Waals surface area contributed by atoms with E-state index in [0.29, 0.717) is 11.6 Å². The fraction of sp³-hybridized carbons (Fsp3) is 0.417. The Labute approximate surface area is 101 Å². The van der Waals surface area contributed by atoms with Crippen LogP contribution in [-0.4, -0.2) is 18.1 Å². The van der Waals surface area contributed by atoms with E-state index in [4.69, 9.17) is 16.3 Å². The first-order valence-electron chi connectivity index (χ1n) is 5.16. The van der Waals surface area contributed by atoms with Crippen molar-refractivity contribution in [3.8, 4) is 0 Å². The molecule has 0 amide bonds. The molecule has 0 atom stereocenters. The molecule has 3 nitrogen and oxygen atoms in total. The zero-order valence-electron chi connectivity index (χ0n) is 9.71. The zero-order valence-corrected chi connectivity index (χ0v) is 10.5. The van der Waals surface area contributed by atoms with Gasteiger partial charge in [-0.15, -0.1) is 0 Å². The second-order valence-corrected chi connectivity index (χ2v) is 4.41. The van der Waals surface area contributed by atoms with Gasteiger partial charge in [-0.2, -0.15) is 0 Å². The predicted octanol–water partition coefficient (Wildman–Crippen LogP) is 3.09. The van der Waals surface area contributed by atoms with Crippen molar-refractivity contribution >= 4 is 23.3 Å². The summed E-state index contributed by atoms with van der Waals surface area (Å²) >= 11 is 5.78. The first kappa shape index (κ1) is 12.8. The minimum absolute atomic E-state index is 0.273. The maximum atomic E-state index is 11.6. The van der Waals surface area contributed by atoms with Crippen molar-refractivity contribution in [3.63, 3.8) is 0 Å². The summed E-state index contributed by atoms with van der Waals surface area (Å²) in [6.07, 6.45) is 0. The minimum Gasteiger partial charge on any atom is -0.464 e. The van der Waals surface area contributed by atoms with Crippen LogP contribution in [0.2, 0.25) is 5.02 Å². The lowest BCUT2D eigenvalue weighted by Gasteiger charge is -2.25. The van der Waals surface area contributed by atoms with Crippen molar-refractivity contribution in [1.29, 1.82) is 0 Å². The molecule has 0 saturated heterocycles. The highest BCUT2D eigenvalue weighted by molar-refractivity contribution is 6.30. The van der Waals surface area contributed by atoms with Gasteiger partial charge in [0, 0.05) is 10.7 Å². The molecule has 0 bridgehead atoms. The fourth-order valence-corrected chi connectivity index (χ4v) is 1.38. The van der Waals surface area contributed by atoms with Gasteiger partial charge in [0.25, 0.3) is 0 Å². The number of halogens is 1. The summed E-state index contributed by atoms with van der Waals surface area (Å²) in [5.74, 6) is -0.273. The van der Waals surface area contributed by atoms with Gasteiger partial charge in [0.05, 0.1) is 6.61 Å². The molecule has 0 spiro atoms. The highest BCUT2D eigenvalue weighted by atomic mass is 35.5. The Balaban J connectivity index is 2.72. The fourth-order valence-electron chi connectivity index (χ4n) is 1.26. The average Bonchev–Trinajstić information content (AvgIpc) is 2.21. The molecule has 4 heteroatoms. The van der Waals surface area contributed by atoms with Gasteiger partial charge in [-0.1, -0.05) is 11.6 Å². The molecule has 0 fully saturated rings. The summed E-state index contributed by atoms with van der Waals surface area (Å²) < 4.78 is 4.98. The van der Waals surface area contributed by atoms with Crippen LogP contribution in [0.25, 0.3) is 0 Å². The molecular formula is C12H16ClNO2. The van der Waals surface area contributed by atoms with E-state index in [1.54, 1.807) is 32.9 Å². The molecule has 16 heavy (non-hydrogen) atoms. The lowest BCUT2D eigenvalue weighted by atomic mass is 10.1. The predicted molar refractivity (Wildman–Crippen MR) is 65.8 cm³/mol. The molecule has 1 N–H and O–H groups in total. The van der Waals surface area contributed by atoms with Crippen LogP contribution in [0.4, 0.5) is 5.69 Å². The molecule has 1 aromatic carbocycles. The van der Waals surface area contributed by atoms with E-state index in [0.717, 1.165) is 5.69 Å². The Morgan fingerprint density at radius 3 is 2.44 bits per heavy atom. The van der Waals surface area contributed by atoms with Crippen LogP contribution in [0.1, 0.15) is 20.8 Å². The van der Waals surface area contributed by atoms with E-state index in [-0.39, 0.29) is 5.97 Å². The van der Waals surface area contributed by atoms with Gasteiger partial charge in [-0.05, 0) is 45.0 Å². The third-order valence-electron chi connectivity index (χ3n) is 2.09. The molecule has 0 aliphatic rings. The van der Waals surface area contributed by atoms with Crippen molar-refractivity contribution in [3.05, 3.63) is 29.3 Å². The maximum absolute atomic E-state index is 11.6. The first-order chi connectivity index (χ1) is 7.45. The quantitative estimate of drug-likeness (QED) is 0.824. The summed E-state index contributed by atoms with van der Waals surface area (Å²) in [5.41, 5.74) is 0.0894. The maximum Gasteiger partial charge on any atom is 0.331 e. The van der Waals surface area contributed by atoms with Gasteiger partial charge in [-0.25, -0.2) is 4.79 Å². The third kappa shape index (κ3) is 3.42. The van der Waals surface area contributed by atoms with Gasteiger partial charge in [0.15, 0.2) is 0 Å². The highest BCUT2D eigenvalue weighted by Gasteiger charge is 2.28. The van der Waals surface area contributed by atoms with E-state index in [1.807, 2.05) is 12.1 Å². The van der Waals surface area contributed by atoms with E-state index in [2.05, 4.69) is 5.32 Å². The Morgan fingerprint density at radius 1 is 1.38 bits per heavy atom. The van der Waals surface area contributed by atoms with E-state index in [1.165, 1.54) is 0 Å². The molecule has 0 saturated carbocycles. The van der Waals surface area contributed by atoms with Crippen LogP contribution in [0.5, 0.6) is 0 Å². The number of carbonyl (C=O) groups is 1. The number of rotatable bonds is 4. The number of nitrogens with one attached hydrogen (secondary N) is 1. The number of benzene rings is 1. The monoisotopic (exact) mass is 241 g/mol. The zero-order chi connectivity index (χ0) is 12.2.